The van der Waals surface area contributed by atoms with Gasteiger partial charge in [0.2, 0.25) is 0 Å². The molecule has 1 nitrogen and oxygen atoms in total. The van der Waals surface area contributed by atoms with Crippen molar-refractivity contribution in [3.8, 4) is 0 Å². The summed E-state index contributed by atoms with van der Waals surface area (Å²) < 4.78 is 0. The first-order valence-corrected chi connectivity index (χ1v) is 7.00. The Balaban J connectivity index is 1.77. The van der Waals surface area contributed by atoms with Gasteiger partial charge in [-0.3, -0.25) is 4.90 Å². The van der Waals surface area contributed by atoms with E-state index in [1.54, 1.807) is 11.1 Å². The highest BCUT2D eigenvalue weighted by Crippen LogP contribution is 2.41. The van der Waals surface area contributed by atoms with E-state index >= 15 is 0 Å². The summed E-state index contributed by atoms with van der Waals surface area (Å²) in [5.74, 6) is 0.971. The predicted molar refractivity (Wildman–Crippen MR) is 68.4 cm³/mol. The molecule has 1 heterocycles. The van der Waals surface area contributed by atoms with E-state index in [-0.39, 0.29) is 0 Å². The van der Waals surface area contributed by atoms with Crippen LogP contribution in [0, 0.1) is 5.92 Å². The Kier molecular flexibility index (Phi) is 2.89. The van der Waals surface area contributed by atoms with E-state index in [9.17, 15) is 0 Å². The minimum atomic E-state index is 0.871. The van der Waals surface area contributed by atoms with E-state index in [2.05, 4.69) is 24.0 Å². The molecule has 1 fully saturated rings. The number of hydrogen-bond acceptors (Lipinski definition) is 1. The van der Waals surface area contributed by atoms with Crippen LogP contribution in [-0.2, 0) is 0 Å². The highest BCUT2D eigenvalue weighted by Gasteiger charge is 2.35. The standard InChI is InChI=1S/C15H23N/c1-2-8-16-9-4-7-14-10-12-5-3-6-13(12)11-15(14)16/h3,6,14-15H,2,4-5,7-11H2,1H3/t14-,15-/m1/s1. The van der Waals surface area contributed by atoms with E-state index in [0.29, 0.717) is 0 Å². The van der Waals surface area contributed by atoms with Crippen LogP contribution in [0.15, 0.2) is 23.3 Å². The normalized spacial score (nSPS) is 34.1. The lowest BCUT2D eigenvalue weighted by molar-refractivity contribution is 0.0864. The first-order valence-electron chi connectivity index (χ1n) is 7.00. The molecule has 16 heavy (non-hydrogen) atoms. The number of allylic oxidation sites excluding steroid dienone is 3. The van der Waals surface area contributed by atoms with E-state index in [0.717, 1.165) is 12.0 Å². The predicted octanol–water partition coefficient (Wildman–Crippen LogP) is 3.53. The summed E-state index contributed by atoms with van der Waals surface area (Å²) in [5, 5.41) is 0. The number of nitrogens with zero attached hydrogens (tertiary/aromatic N) is 1. The van der Waals surface area contributed by atoms with Crippen LogP contribution < -0.4 is 0 Å². The molecule has 3 rings (SSSR count). The SMILES string of the molecule is CCCN1CCC[C@@H]2CC3=C(C=CC3)C[C@H]21. The first-order chi connectivity index (χ1) is 7.88. The quantitative estimate of drug-likeness (QED) is 0.684. The molecule has 0 radical (unpaired) electrons. The molecule has 1 heteroatoms. The van der Waals surface area contributed by atoms with Gasteiger partial charge in [0, 0.05) is 6.04 Å². The largest absolute Gasteiger partial charge is 0.300 e. The molecule has 2 atom stereocenters. The van der Waals surface area contributed by atoms with Gasteiger partial charge in [0.05, 0.1) is 0 Å². The zero-order valence-electron chi connectivity index (χ0n) is 10.4. The minimum absolute atomic E-state index is 0.871. The van der Waals surface area contributed by atoms with Gasteiger partial charge in [0.25, 0.3) is 0 Å². The maximum Gasteiger partial charge on any atom is 0.0167 e. The van der Waals surface area contributed by atoms with Crippen LogP contribution in [0.3, 0.4) is 0 Å². The maximum absolute atomic E-state index is 2.77. The van der Waals surface area contributed by atoms with E-state index in [1.165, 1.54) is 51.6 Å². The van der Waals surface area contributed by atoms with Crippen molar-refractivity contribution in [3.05, 3.63) is 23.3 Å². The van der Waals surface area contributed by atoms with Gasteiger partial charge >= 0.3 is 0 Å². The Labute approximate surface area is 99.2 Å². The summed E-state index contributed by atoms with van der Waals surface area (Å²) in [5.41, 5.74) is 3.45. The van der Waals surface area contributed by atoms with Gasteiger partial charge in [-0.15, -0.1) is 0 Å². The molecular formula is C15H23N. The zero-order chi connectivity index (χ0) is 11.0. The minimum Gasteiger partial charge on any atom is -0.300 e. The molecule has 3 aliphatic rings. The van der Waals surface area contributed by atoms with Crippen molar-refractivity contribution in [2.24, 2.45) is 5.92 Å². The van der Waals surface area contributed by atoms with Gasteiger partial charge in [0.15, 0.2) is 0 Å². The molecule has 0 aromatic heterocycles. The number of fused-ring (bicyclic) bond motifs is 1. The van der Waals surface area contributed by atoms with Crippen molar-refractivity contribution in [1.29, 1.82) is 0 Å². The Hall–Kier alpha value is -0.560. The second kappa shape index (κ2) is 4.37. The van der Waals surface area contributed by atoms with E-state index < -0.39 is 0 Å². The highest BCUT2D eigenvalue weighted by atomic mass is 15.2. The number of hydrogen-bond donors (Lipinski definition) is 0. The summed E-state index contributed by atoms with van der Waals surface area (Å²) in [6, 6.07) is 0.871. The molecule has 0 unspecified atom stereocenters. The summed E-state index contributed by atoms with van der Waals surface area (Å²) in [6.07, 6.45) is 13.0. The van der Waals surface area contributed by atoms with Crippen LogP contribution in [-0.4, -0.2) is 24.0 Å². The van der Waals surface area contributed by atoms with Crippen molar-refractivity contribution in [2.75, 3.05) is 13.1 Å². The van der Waals surface area contributed by atoms with Gasteiger partial charge in [-0.25, -0.2) is 0 Å². The average Bonchev–Trinajstić information content (AvgIpc) is 2.74. The molecule has 1 aliphatic heterocycles. The third-order valence-electron chi connectivity index (χ3n) is 4.62. The second-order valence-corrected chi connectivity index (χ2v) is 5.65. The summed E-state index contributed by atoms with van der Waals surface area (Å²) in [6.45, 7) is 4.97. The third kappa shape index (κ3) is 1.75. The van der Waals surface area contributed by atoms with E-state index in [1.807, 2.05) is 0 Å². The topological polar surface area (TPSA) is 3.24 Å². The van der Waals surface area contributed by atoms with Crippen LogP contribution in [0.4, 0.5) is 0 Å². The van der Waals surface area contributed by atoms with Gasteiger partial charge in [-0.1, -0.05) is 24.6 Å². The molecule has 88 valence electrons. The second-order valence-electron chi connectivity index (χ2n) is 5.65. The van der Waals surface area contributed by atoms with Crippen LogP contribution in [0.25, 0.3) is 0 Å². The van der Waals surface area contributed by atoms with Crippen molar-refractivity contribution in [1.82, 2.24) is 4.90 Å². The lowest BCUT2D eigenvalue weighted by Crippen LogP contribution is -2.47. The molecule has 0 N–H and O–H groups in total. The fourth-order valence-corrected chi connectivity index (χ4v) is 3.87. The third-order valence-corrected chi connectivity index (χ3v) is 4.62. The van der Waals surface area contributed by atoms with Gasteiger partial charge in [-0.05, 0) is 63.1 Å². The average molecular weight is 217 g/mol. The molecule has 0 bridgehead atoms. The van der Waals surface area contributed by atoms with Crippen molar-refractivity contribution < 1.29 is 0 Å². The molecule has 2 aliphatic carbocycles. The Bertz CT molecular complexity index is 324. The van der Waals surface area contributed by atoms with Crippen LogP contribution in [0.1, 0.15) is 45.4 Å². The highest BCUT2D eigenvalue weighted by molar-refractivity contribution is 5.37. The number of rotatable bonds is 2. The van der Waals surface area contributed by atoms with Gasteiger partial charge in [0.1, 0.15) is 0 Å². The summed E-state index contributed by atoms with van der Waals surface area (Å²) >= 11 is 0. The zero-order valence-corrected chi connectivity index (χ0v) is 10.4. The number of piperidine rings is 1. The maximum atomic E-state index is 2.77. The molecule has 0 amide bonds. The lowest BCUT2D eigenvalue weighted by Gasteiger charge is -2.44. The smallest absolute Gasteiger partial charge is 0.0167 e. The Morgan fingerprint density at radius 2 is 2.31 bits per heavy atom. The monoisotopic (exact) mass is 217 g/mol. The molecule has 0 aromatic rings. The molecule has 0 aromatic carbocycles. The lowest BCUT2D eigenvalue weighted by atomic mass is 9.76. The van der Waals surface area contributed by atoms with Crippen molar-refractivity contribution in [3.63, 3.8) is 0 Å². The molecule has 0 spiro atoms. The van der Waals surface area contributed by atoms with Crippen LogP contribution in [0.2, 0.25) is 0 Å². The Morgan fingerprint density at radius 1 is 1.38 bits per heavy atom. The summed E-state index contributed by atoms with van der Waals surface area (Å²) in [7, 11) is 0. The van der Waals surface area contributed by atoms with Crippen molar-refractivity contribution in [2.45, 2.75) is 51.5 Å². The van der Waals surface area contributed by atoms with Crippen LogP contribution >= 0.6 is 0 Å². The molecule has 1 saturated heterocycles. The fourth-order valence-electron chi connectivity index (χ4n) is 3.87. The Morgan fingerprint density at radius 3 is 3.19 bits per heavy atom. The van der Waals surface area contributed by atoms with E-state index in [4.69, 9.17) is 0 Å². The fraction of sp³-hybridized carbons (Fsp3) is 0.733. The molecular weight excluding hydrogens is 194 g/mol. The first kappa shape index (κ1) is 10.6. The number of likely N-dealkylation sites (tertiary alicyclic amines) is 1. The molecule has 0 saturated carbocycles. The summed E-state index contributed by atoms with van der Waals surface area (Å²) in [4.78, 5) is 2.77. The van der Waals surface area contributed by atoms with Gasteiger partial charge in [-0.2, -0.15) is 0 Å². The van der Waals surface area contributed by atoms with Crippen molar-refractivity contribution >= 4 is 0 Å². The van der Waals surface area contributed by atoms with Gasteiger partial charge < -0.3 is 0 Å². The van der Waals surface area contributed by atoms with Crippen LogP contribution in [0.5, 0.6) is 0 Å².